The highest BCUT2D eigenvalue weighted by Crippen LogP contribution is 2.36. The molecule has 1 saturated carbocycles. The van der Waals surface area contributed by atoms with Gasteiger partial charge in [-0.05, 0) is 26.2 Å². The van der Waals surface area contributed by atoms with Crippen LogP contribution in [0.1, 0.15) is 32.6 Å². The van der Waals surface area contributed by atoms with Gasteiger partial charge in [0.1, 0.15) is 0 Å². The molecule has 0 aliphatic heterocycles. The maximum Gasteiger partial charge on any atom is 0.227 e. The quantitative estimate of drug-likeness (QED) is 0.628. The van der Waals surface area contributed by atoms with Crippen molar-refractivity contribution in [2.45, 2.75) is 38.6 Å². The Morgan fingerprint density at radius 2 is 2.22 bits per heavy atom. The number of nitrogens with one attached hydrogen (secondary N) is 1. The fourth-order valence-corrected chi connectivity index (χ4v) is 2.30. The van der Waals surface area contributed by atoms with Crippen LogP contribution in [-0.2, 0) is 14.3 Å². The molecule has 0 radical (unpaired) electrons. The highest BCUT2D eigenvalue weighted by atomic mass is 16.5. The molecule has 1 fully saturated rings. The molecule has 5 nitrogen and oxygen atoms in total. The summed E-state index contributed by atoms with van der Waals surface area (Å²) >= 11 is 0. The number of carbonyl (C=O) groups is 1. The Balaban J connectivity index is 2.10. The molecule has 18 heavy (non-hydrogen) atoms. The summed E-state index contributed by atoms with van der Waals surface area (Å²) in [6.07, 6.45) is 3.71. The van der Waals surface area contributed by atoms with Crippen molar-refractivity contribution < 1.29 is 14.3 Å². The van der Waals surface area contributed by atoms with E-state index in [4.69, 9.17) is 15.2 Å². The van der Waals surface area contributed by atoms with Crippen LogP contribution in [0.2, 0.25) is 0 Å². The van der Waals surface area contributed by atoms with Crippen molar-refractivity contribution in [2.24, 2.45) is 11.1 Å². The van der Waals surface area contributed by atoms with Crippen LogP contribution in [-0.4, -0.2) is 45.4 Å². The van der Waals surface area contributed by atoms with Gasteiger partial charge in [-0.1, -0.05) is 6.42 Å². The van der Waals surface area contributed by atoms with Crippen molar-refractivity contribution in [3.8, 4) is 0 Å². The molecule has 0 bridgehead atoms. The van der Waals surface area contributed by atoms with E-state index in [-0.39, 0.29) is 17.4 Å². The topological polar surface area (TPSA) is 73.6 Å². The standard InChI is InChI=1S/C13H26N2O3/c1-13(6-3-5-11(13)14)12(16)15-7-4-8-18-10-9-17-2/h11H,3-10,14H2,1-2H3,(H,15,16). The lowest BCUT2D eigenvalue weighted by molar-refractivity contribution is -0.130. The van der Waals surface area contributed by atoms with Gasteiger partial charge in [0.05, 0.1) is 18.6 Å². The smallest absolute Gasteiger partial charge is 0.227 e. The van der Waals surface area contributed by atoms with Crippen LogP contribution in [0, 0.1) is 5.41 Å². The number of carbonyl (C=O) groups excluding carboxylic acids is 1. The predicted molar refractivity (Wildman–Crippen MR) is 70.3 cm³/mol. The van der Waals surface area contributed by atoms with Crippen molar-refractivity contribution in [3.05, 3.63) is 0 Å². The molecule has 106 valence electrons. The molecular weight excluding hydrogens is 232 g/mol. The fourth-order valence-electron chi connectivity index (χ4n) is 2.30. The number of amides is 1. The van der Waals surface area contributed by atoms with Gasteiger partial charge in [-0.3, -0.25) is 4.79 Å². The van der Waals surface area contributed by atoms with Gasteiger partial charge in [-0.15, -0.1) is 0 Å². The summed E-state index contributed by atoms with van der Waals surface area (Å²) in [6, 6.07) is -0.00421. The average molecular weight is 258 g/mol. The first-order chi connectivity index (χ1) is 8.61. The third kappa shape index (κ3) is 4.23. The summed E-state index contributed by atoms with van der Waals surface area (Å²) in [4.78, 5) is 12.1. The molecule has 1 rings (SSSR count). The lowest BCUT2D eigenvalue weighted by Gasteiger charge is -2.27. The van der Waals surface area contributed by atoms with Gasteiger partial charge in [0.25, 0.3) is 0 Å². The Labute approximate surface area is 109 Å². The third-order valence-electron chi connectivity index (χ3n) is 3.73. The lowest BCUT2D eigenvalue weighted by atomic mass is 9.84. The Morgan fingerprint density at radius 3 is 2.83 bits per heavy atom. The molecular formula is C13H26N2O3. The molecule has 0 aromatic rings. The molecule has 1 aliphatic rings. The lowest BCUT2D eigenvalue weighted by Crippen LogP contribution is -2.47. The zero-order chi connectivity index (χ0) is 13.4. The molecule has 2 atom stereocenters. The van der Waals surface area contributed by atoms with Gasteiger partial charge in [0.15, 0.2) is 0 Å². The minimum absolute atomic E-state index is 0.00421. The second-order valence-electron chi connectivity index (χ2n) is 5.13. The Bertz CT molecular complexity index is 261. The molecule has 3 N–H and O–H groups in total. The van der Waals surface area contributed by atoms with Gasteiger partial charge in [0, 0.05) is 26.3 Å². The van der Waals surface area contributed by atoms with Crippen LogP contribution in [0.5, 0.6) is 0 Å². The second kappa shape index (κ2) is 7.71. The van der Waals surface area contributed by atoms with E-state index in [2.05, 4.69) is 5.32 Å². The number of ether oxygens (including phenoxy) is 2. The van der Waals surface area contributed by atoms with E-state index >= 15 is 0 Å². The number of nitrogens with two attached hydrogens (primary N) is 1. The number of rotatable bonds is 8. The second-order valence-corrected chi connectivity index (χ2v) is 5.13. The summed E-state index contributed by atoms with van der Waals surface area (Å²) in [7, 11) is 1.65. The van der Waals surface area contributed by atoms with Crippen molar-refractivity contribution in [2.75, 3.05) is 33.5 Å². The summed E-state index contributed by atoms with van der Waals surface area (Å²) in [5.74, 6) is 0.0874. The monoisotopic (exact) mass is 258 g/mol. The first kappa shape index (κ1) is 15.4. The van der Waals surface area contributed by atoms with Crippen LogP contribution in [0.25, 0.3) is 0 Å². The molecule has 2 unspecified atom stereocenters. The van der Waals surface area contributed by atoms with E-state index in [0.29, 0.717) is 26.4 Å². The minimum Gasteiger partial charge on any atom is -0.382 e. The zero-order valence-electron chi connectivity index (χ0n) is 11.5. The van der Waals surface area contributed by atoms with Crippen molar-refractivity contribution in [1.29, 1.82) is 0 Å². The maximum atomic E-state index is 12.1. The van der Waals surface area contributed by atoms with Crippen LogP contribution in [0.3, 0.4) is 0 Å². The third-order valence-corrected chi connectivity index (χ3v) is 3.73. The van der Waals surface area contributed by atoms with Gasteiger partial charge in [0.2, 0.25) is 5.91 Å². The largest absolute Gasteiger partial charge is 0.382 e. The maximum absolute atomic E-state index is 12.1. The van der Waals surface area contributed by atoms with Crippen LogP contribution >= 0.6 is 0 Å². The van der Waals surface area contributed by atoms with E-state index in [0.717, 1.165) is 25.7 Å². The van der Waals surface area contributed by atoms with Crippen LogP contribution < -0.4 is 11.1 Å². The number of hydrogen-bond donors (Lipinski definition) is 2. The molecule has 5 heteroatoms. The number of hydrogen-bond acceptors (Lipinski definition) is 4. The Hall–Kier alpha value is -0.650. The summed E-state index contributed by atoms with van der Waals surface area (Å²) in [6.45, 7) is 4.47. The van der Waals surface area contributed by atoms with E-state index in [1.54, 1.807) is 7.11 Å². The minimum atomic E-state index is -0.378. The molecule has 0 heterocycles. The van der Waals surface area contributed by atoms with Gasteiger partial charge in [-0.2, -0.15) is 0 Å². The van der Waals surface area contributed by atoms with Gasteiger partial charge >= 0.3 is 0 Å². The molecule has 0 saturated heterocycles. The summed E-state index contributed by atoms with van der Waals surface area (Å²) < 4.78 is 10.2. The zero-order valence-corrected chi connectivity index (χ0v) is 11.5. The highest BCUT2D eigenvalue weighted by molar-refractivity contribution is 5.83. The van der Waals surface area contributed by atoms with Crippen molar-refractivity contribution >= 4 is 5.91 Å². The van der Waals surface area contributed by atoms with E-state index in [9.17, 15) is 4.79 Å². The Morgan fingerprint density at radius 1 is 1.44 bits per heavy atom. The summed E-state index contributed by atoms with van der Waals surface area (Å²) in [5, 5.41) is 2.96. The fraction of sp³-hybridized carbons (Fsp3) is 0.923. The molecule has 0 spiro atoms. The number of methoxy groups -OCH3 is 1. The normalized spacial score (nSPS) is 27.4. The molecule has 1 aliphatic carbocycles. The predicted octanol–water partition coefficient (Wildman–Crippen LogP) is 0.673. The van der Waals surface area contributed by atoms with E-state index in [1.165, 1.54) is 0 Å². The Kier molecular flexibility index (Phi) is 6.60. The molecule has 0 aromatic carbocycles. The first-order valence-corrected chi connectivity index (χ1v) is 6.72. The van der Waals surface area contributed by atoms with E-state index < -0.39 is 0 Å². The average Bonchev–Trinajstić information content (AvgIpc) is 2.69. The van der Waals surface area contributed by atoms with Gasteiger partial charge in [-0.25, -0.2) is 0 Å². The SMILES string of the molecule is COCCOCCCNC(=O)C1(C)CCCC1N. The van der Waals surface area contributed by atoms with E-state index in [1.807, 2.05) is 6.92 Å². The van der Waals surface area contributed by atoms with Crippen molar-refractivity contribution in [3.63, 3.8) is 0 Å². The van der Waals surface area contributed by atoms with Gasteiger partial charge < -0.3 is 20.5 Å². The van der Waals surface area contributed by atoms with Crippen LogP contribution in [0.15, 0.2) is 0 Å². The first-order valence-electron chi connectivity index (χ1n) is 6.72. The molecule has 0 aromatic heterocycles. The molecule has 1 amide bonds. The van der Waals surface area contributed by atoms with Crippen molar-refractivity contribution in [1.82, 2.24) is 5.32 Å². The highest BCUT2D eigenvalue weighted by Gasteiger charge is 2.42. The summed E-state index contributed by atoms with van der Waals surface area (Å²) in [5.41, 5.74) is 5.62. The van der Waals surface area contributed by atoms with Crippen LogP contribution in [0.4, 0.5) is 0 Å².